The lowest BCUT2D eigenvalue weighted by molar-refractivity contribution is 0.0909. The molecule has 2 aromatic rings. The van der Waals surface area contributed by atoms with Gasteiger partial charge < -0.3 is 15.0 Å². The zero-order valence-corrected chi connectivity index (χ0v) is 14.1. The van der Waals surface area contributed by atoms with Gasteiger partial charge in [0.1, 0.15) is 4.88 Å². The number of nitrogens with zero attached hydrogens (tertiary/aromatic N) is 2. The second-order valence-electron chi connectivity index (χ2n) is 5.14. The van der Waals surface area contributed by atoms with Crippen LogP contribution in [0.3, 0.4) is 0 Å². The van der Waals surface area contributed by atoms with Gasteiger partial charge in [-0.15, -0.1) is 0 Å². The predicted molar refractivity (Wildman–Crippen MR) is 90.2 cm³/mol. The van der Waals surface area contributed by atoms with Crippen molar-refractivity contribution in [3.05, 3.63) is 40.9 Å². The summed E-state index contributed by atoms with van der Waals surface area (Å²) in [4.78, 5) is 19.4. The molecule has 5 nitrogen and oxygen atoms in total. The van der Waals surface area contributed by atoms with Gasteiger partial charge in [-0.05, 0) is 26.0 Å². The fourth-order valence-corrected chi connectivity index (χ4v) is 3.03. The number of nitrogens with one attached hydrogen (secondary N) is 1. The lowest BCUT2D eigenvalue weighted by Crippen LogP contribution is -2.35. The fraction of sp³-hybridized carbons (Fsp3) is 0.375. The third-order valence-corrected chi connectivity index (χ3v) is 4.45. The number of ether oxygens (including phenoxy) is 1. The number of hydrogen-bond donors (Lipinski definition) is 1. The van der Waals surface area contributed by atoms with E-state index in [1.165, 1.54) is 11.3 Å². The maximum Gasteiger partial charge on any atom is 0.263 e. The molecule has 0 aliphatic rings. The standard InChI is InChI=1S/C16H21N3O2S/c1-11(10-21-4)17-15(20)14-12(2)18-16(22-14)19(3)13-8-6-5-7-9-13/h5-9,11H,10H2,1-4H3,(H,17,20). The van der Waals surface area contributed by atoms with E-state index in [0.29, 0.717) is 11.5 Å². The molecule has 0 fully saturated rings. The van der Waals surface area contributed by atoms with Crippen molar-refractivity contribution in [1.29, 1.82) is 0 Å². The van der Waals surface area contributed by atoms with E-state index in [0.717, 1.165) is 16.5 Å². The third-order valence-electron chi connectivity index (χ3n) is 3.22. The van der Waals surface area contributed by atoms with Crippen molar-refractivity contribution in [1.82, 2.24) is 10.3 Å². The average Bonchev–Trinajstić information content (AvgIpc) is 2.89. The van der Waals surface area contributed by atoms with Gasteiger partial charge in [-0.3, -0.25) is 4.79 Å². The number of thiazole rings is 1. The lowest BCUT2D eigenvalue weighted by Gasteiger charge is -2.15. The smallest absolute Gasteiger partial charge is 0.263 e. The van der Waals surface area contributed by atoms with Gasteiger partial charge in [-0.2, -0.15) is 0 Å². The van der Waals surface area contributed by atoms with E-state index >= 15 is 0 Å². The van der Waals surface area contributed by atoms with Crippen molar-refractivity contribution >= 4 is 28.1 Å². The second kappa shape index (κ2) is 7.38. The van der Waals surface area contributed by atoms with Crippen LogP contribution in [0, 0.1) is 6.92 Å². The summed E-state index contributed by atoms with van der Waals surface area (Å²) < 4.78 is 5.04. The monoisotopic (exact) mass is 319 g/mol. The molecular weight excluding hydrogens is 298 g/mol. The van der Waals surface area contributed by atoms with Crippen molar-refractivity contribution in [2.75, 3.05) is 25.7 Å². The molecule has 2 rings (SSSR count). The van der Waals surface area contributed by atoms with Gasteiger partial charge in [-0.1, -0.05) is 29.5 Å². The lowest BCUT2D eigenvalue weighted by atomic mass is 10.3. The van der Waals surface area contributed by atoms with E-state index in [2.05, 4.69) is 10.3 Å². The Bertz CT molecular complexity index is 628. The summed E-state index contributed by atoms with van der Waals surface area (Å²) in [5, 5.41) is 3.72. The van der Waals surface area contributed by atoms with Crippen molar-refractivity contribution in [3.8, 4) is 0 Å². The number of para-hydroxylation sites is 1. The van der Waals surface area contributed by atoms with E-state index in [1.807, 2.05) is 56.1 Å². The molecule has 0 saturated carbocycles. The Kier molecular flexibility index (Phi) is 5.51. The summed E-state index contributed by atoms with van der Waals surface area (Å²) in [6.07, 6.45) is 0. The van der Waals surface area contributed by atoms with E-state index in [-0.39, 0.29) is 11.9 Å². The number of carbonyl (C=O) groups is 1. The van der Waals surface area contributed by atoms with E-state index in [4.69, 9.17) is 4.74 Å². The molecule has 6 heteroatoms. The molecule has 0 saturated heterocycles. The summed E-state index contributed by atoms with van der Waals surface area (Å²) in [6, 6.07) is 9.92. The first-order chi connectivity index (χ1) is 10.5. The zero-order chi connectivity index (χ0) is 16.1. The quantitative estimate of drug-likeness (QED) is 0.889. The van der Waals surface area contributed by atoms with Crippen LogP contribution in [0.2, 0.25) is 0 Å². The highest BCUT2D eigenvalue weighted by Crippen LogP contribution is 2.30. The minimum absolute atomic E-state index is 0.0331. The van der Waals surface area contributed by atoms with E-state index in [9.17, 15) is 4.79 Å². The summed E-state index contributed by atoms with van der Waals surface area (Å²) in [7, 11) is 3.57. The molecule has 0 radical (unpaired) electrons. The average molecular weight is 319 g/mol. The minimum Gasteiger partial charge on any atom is -0.383 e. The number of rotatable bonds is 6. The molecule has 0 aliphatic heterocycles. The van der Waals surface area contributed by atoms with Crippen LogP contribution in [0.1, 0.15) is 22.3 Å². The summed E-state index contributed by atoms with van der Waals surface area (Å²) in [6.45, 7) is 4.25. The van der Waals surface area contributed by atoms with Crippen LogP contribution in [-0.2, 0) is 4.74 Å². The van der Waals surface area contributed by atoms with Gasteiger partial charge in [0.05, 0.1) is 12.3 Å². The first kappa shape index (κ1) is 16.5. The number of methoxy groups -OCH3 is 1. The van der Waals surface area contributed by atoms with Crippen LogP contribution in [0.5, 0.6) is 0 Å². The highest BCUT2D eigenvalue weighted by molar-refractivity contribution is 7.17. The number of benzene rings is 1. The van der Waals surface area contributed by atoms with Crippen molar-refractivity contribution in [2.24, 2.45) is 0 Å². The number of carbonyl (C=O) groups excluding carboxylic acids is 1. The van der Waals surface area contributed by atoms with Crippen LogP contribution in [-0.4, -0.2) is 37.7 Å². The van der Waals surface area contributed by atoms with Crippen LogP contribution >= 0.6 is 11.3 Å². The Morgan fingerprint density at radius 1 is 1.41 bits per heavy atom. The van der Waals surface area contributed by atoms with Gasteiger partial charge in [0, 0.05) is 25.9 Å². The molecule has 0 spiro atoms. The number of amides is 1. The zero-order valence-electron chi connectivity index (χ0n) is 13.3. The summed E-state index contributed by atoms with van der Waals surface area (Å²) in [5.41, 5.74) is 1.78. The van der Waals surface area contributed by atoms with Crippen LogP contribution in [0.15, 0.2) is 30.3 Å². The first-order valence-corrected chi connectivity index (χ1v) is 7.90. The van der Waals surface area contributed by atoms with Crippen molar-refractivity contribution in [3.63, 3.8) is 0 Å². The van der Waals surface area contributed by atoms with Crippen molar-refractivity contribution in [2.45, 2.75) is 19.9 Å². The molecular formula is C16H21N3O2S. The maximum absolute atomic E-state index is 12.3. The molecule has 22 heavy (non-hydrogen) atoms. The highest BCUT2D eigenvalue weighted by Gasteiger charge is 2.19. The minimum atomic E-state index is -0.104. The molecule has 1 atom stereocenters. The molecule has 1 N–H and O–H groups in total. The number of aromatic nitrogens is 1. The summed E-state index contributed by atoms with van der Waals surface area (Å²) >= 11 is 1.39. The molecule has 1 aromatic carbocycles. The fourth-order valence-electron chi connectivity index (χ4n) is 2.08. The Labute approximate surface area is 134 Å². The van der Waals surface area contributed by atoms with Gasteiger partial charge in [0.25, 0.3) is 5.91 Å². The number of hydrogen-bond acceptors (Lipinski definition) is 5. The van der Waals surface area contributed by atoms with Crippen LogP contribution < -0.4 is 10.2 Å². The van der Waals surface area contributed by atoms with E-state index in [1.54, 1.807) is 7.11 Å². The molecule has 1 unspecified atom stereocenters. The number of aryl methyl sites for hydroxylation is 1. The number of anilines is 2. The largest absolute Gasteiger partial charge is 0.383 e. The second-order valence-corrected chi connectivity index (χ2v) is 6.11. The van der Waals surface area contributed by atoms with Gasteiger partial charge in [-0.25, -0.2) is 4.98 Å². The topological polar surface area (TPSA) is 54.5 Å². The highest BCUT2D eigenvalue weighted by atomic mass is 32.1. The molecule has 0 aliphatic carbocycles. The Hall–Kier alpha value is -1.92. The first-order valence-electron chi connectivity index (χ1n) is 7.09. The van der Waals surface area contributed by atoms with Gasteiger partial charge in [0.15, 0.2) is 5.13 Å². The molecule has 1 heterocycles. The normalized spacial score (nSPS) is 12.0. The Balaban J connectivity index is 2.16. The van der Waals surface area contributed by atoms with Crippen LogP contribution in [0.4, 0.5) is 10.8 Å². The molecule has 118 valence electrons. The third kappa shape index (κ3) is 3.84. The van der Waals surface area contributed by atoms with Gasteiger partial charge in [0.2, 0.25) is 0 Å². The summed E-state index contributed by atoms with van der Waals surface area (Å²) in [5.74, 6) is -0.104. The van der Waals surface area contributed by atoms with Crippen LogP contribution in [0.25, 0.3) is 0 Å². The molecule has 0 bridgehead atoms. The predicted octanol–water partition coefficient (Wildman–Crippen LogP) is 2.98. The Morgan fingerprint density at radius 2 is 2.09 bits per heavy atom. The molecule has 1 amide bonds. The van der Waals surface area contributed by atoms with Gasteiger partial charge >= 0.3 is 0 Å². The SMILES string of the molecule is COCC(C)NC(=O)c1sc(N(C)c2ccccc2)nc1C. The van der Waals surface area contributed by atoms with E-state index < -0.39 is 0 Å². The van der Waals surface area contributed by atoms with Crippen molar-refractivity contribution < 1.29 is 9.53 Å². The maximum atomic E-state index is 12.3. The molecule has 1 aromatic heterocycles. The Morgan fingerprint density at radius 3 is 2.73 bits per heavy atom.